The number of thioether (sulfide) groups is 1. The molecule has 0 radical (unpaired) electrons. The molecule has 0 bridgehead atoms. The molecule has 0 aromatic carbocycles. The molecule has 2 amide bonds. The molecule has 2 N–H and O–H groups in total. The van der Waals surface area contributed by atoms with Crippen molar-refractivity contribution in [1.82, 2.24) is 10.2 Å². The highest BCUT2D eigenvalue weighted by Gasteiger charge is 2.27. The SMILES string of the molecule is COCCCC(NC(=O)N1CCSCC1C)C(=O)O. The molecular weight excluding hydrogens is 268 g/mol. The molecule has 0 aliphatic carbocycles. The van der Waals surface area contributed by atoms with E-state index in [4.69, 9.17) is 9.84 Å². The summed E-state index contributed by atoms with van der Waals surface area (Å²) in [5, 5.41) is 11.7. The molecule has 1 rings (SSSR count). The predicted octanol–water partition coefficient (Wildman–Crippen LogP) is 1.01. The number of hydrogen-bond acceptors (Lipinski definition) is 4. The standard InChI is InChI=1S/C12H22N2O4S/c1-9-8-19-7-5-14(9)12(17)13-10(11(15)16)4-3-6-18-2/h9-10H,3-8H2,1-2H3,(H,13,17)(H,15,16). The number of nitrogens with one attached hydrogen (secondary N) is 1. The number of carbonyl (C=O) groups excluding carboxylic acids is 1. The van der Waals surface area contributed by atoms with Crippen molar-refractivity contribution in [3.63, 3.8) is 0 Å². The summed E-state index contributed by atoms with van der Waals surface area (Å²) in [6, 6.07) is -0.978. The fraction of sp³-hybridized carbons (Fsp3) is 0.833. The van der Waals surface area contributed by atoms with Crippen molar-refractivity contribution in [1.29, 1.82) is 0 Å². The van der Waals surface area contributed by atoms with E-state index in [1.165, 1.54) is 0 Å². The number of urea groups is 1. The van der Waals surface area contributed by atoms with Gasteiger partial charge in [0.1, 0.15) is 6.04 Å². The topological polar surface area (TPSA) is 78.9 Å². The summed E-state index contributed by atoms with van der Waals surface area (Å²) in [7, 11) is 1.57. The van der Waals surface area contributed by atoms with Crippen LogP contribution in [0.4, 0.5) is 4.79 Å². The molecule has 0 spiro atoms. The van der Waals surface area contributed by atoms with Crippen LogP contribution in [0.15, 0.2) is 0 Å². The van der Waals surface area contributed by atoms with Crippen molar-refractivity contribution in [2.24, 2.45) is 0 Å². The lowest BCUT2D eigenvalue weighted by Gasteiger charge is -2.33. The van der Waals surface area contributed by atoms with Gasteiger partial charge in [0.05, 0.1) is 0 Å². The maximum Gasteiger partial charge on any atom is 0.326 e. The van der Waals surface area contributed by atoms with Crippen LogP contribution in [-0.4, -0.2) is 65.9 Å². The zero-order valence-corrected chi connectivity index (χ0v) is 12.2. The number of rotatable bonds is 6. The van der Waals surface area contributed by atoms with Crippen molar-refractivity contribution in [2.75, 3.05) is 31.8 Å². The molecule has 1 heterocycles. The van der Waals surface area contributed by atoms with Gasteiger partial charge in [0.15, 0.2) is 0 Å². The van der Waals surface area contributed by atoms with Crippen LogP contribution in [0, 0.1) is 0 Å². The minimum atomic E-state index is -0.997. The maximum atomic E-state index is 12.1. The average Bonchev–Trinajstić information content (AvgIpc) is 2.38. The van der Waals surface area contributed by atoms with Gasteiger partial charge < -0.3 is 20.1 Å². The quantitative estimate of drug-likeness (QED) is 0.714. The Kier molecular flexibility index (Phi) is 7.01. The van der Waals surface area contributed by atoms with E-state index in [1.807, 2.05) is 18.7 Å². The second-order valence-corrected chi connectivity index (χ2v) is 5.74. The highest BCUT2D eigenvalue weighted by molar-refractivity contribution is 7.99. The minimum absolute atomic E-state index is 0.146. The summed E-state index contributed by atoms with van der Waals surface area (Å²) in [5.74, 6) is 0.803. The number of ether oxygens (including phenoxy) is 1. The second kappa shape index (κ2) is 8.27. The van der Waals surface area contributed by atoms with Crippen molar-refractivity contribution < 1.29 is 19.4 Å². The number of methoxy groups -OCH3 is 1. The zero-order chi connectivity index (χ0) is 14.3. The molecule has 0 aromatic rings. The molecule has 7 heteroatoms. The first kappa shape index (κ1) is 16.1. The van der Waals surface area contributed by atoms with Gasteiger partial charge in [0.2, 0.25) is 0 Å². The first-order chi connectivity index (χ1) is 9.06. The Morgan fingerprint density at radius 1 is 1.58 bits per heavy atom. The van der Waals surface area contributed by atoms with Gasteiger partial charge in [0.25, 0.3) is 0 Å². The van der Waals surface area contributed by atoms with Gasteiger partial charge in [-0.25, -0.2) is 9.59 Å². The van der Waals surface area contributed by atoms with Crippen molar-refractivity contribution in [2.45, 2.75) is 31.8 Å². The smallest absolute Gasteiger partial charge is 0.326 e. The van der Waals surface area contributed by atoms with E-state index in [2.05, 4.69) is 5.32 Å². The van der Waals surface area contributed by atoms with Crippen molar-refractivity contribution >= 4 is 23.8 Å². The normalized spacial score (nSPS) is 20.9. The highest BCUT2D eigenvalue weighted by atomic mass is 32.2. The molecule has 110 valence electrons. The number of carboxylic acids is 1. The predicted molar refractivity (Wildman–Crippen MR) is 74.6 cm³/mol. The lowest BCUT2D eigenvalue weighted by Crippen LogP contribution is -2.53. The number of carbonyl (C=O) groups is 2. The van der Waals surface area contributed by atoms with Crippen molar-refractivity contribution in [3.8, 4) is 0 Å². The third kappa shape index (κ3) is 5.28. The van der Waals surface area contributed by atoms with Crippen LogP contribution in [0.5, 0.6) is 0 Å². The van der Waals surface area contributed by atoms with Crippen molar-refractivity contribution in [3.05, 3.63) is 0 Å². The minimum Gasteiger partial charge on any atom is -0.480 e. The van der Waals surface area contributed by atoms with Gasteiger partial charge in [-0.15, -0.1) is 0 Å². The number of carboxylic acid groups (broad SMARTS) is 1. The zero-order valence-electron chi connectivity index (χ0n) is 11.4. The number of amides is 2. The molecule has 0 aromatic heterocycles. The molecule has 2 atom stereocenters. The molecule has 0 saturated carbocycles. The summed E-state index contributed by atoms with van der Waals surface area (Å²) < 4.78 is 4.89. The van der Waals surface area contributed by atoms with Crippen LogP contribution >= 0.6 is 11.8 Å². The van der Waals surface area contributed by atoms with Gasteiger partial charge in [0, 0.05) is 37.8 Å². The summed E-state index contributed by atoms with van der Waals surface area (Å²) in [4.78, 5) is 24.9. The van der Waals surface area contributed by atoms with E-state index in [1.54, 1.807) is 12.0 Å². The maximum absolute atomic E-state index is 12.1. The van der Waals surface area contributed by atoms with E-state index < -0.39 is 12.0 Å². The van der Waals surface area contributed by atoms with Gasteiger partial charge in [-0.1, -0.05) is 0 Å². The molecule has 19 heavy (non-hydrogen) atoms. The molecule has 1 fully saturated rings. The van der Waals surface area contributed by atoms with Crippen LogP contribution in [0.3, 0.4) is 0 Å². The molecule has 6 nitrogen and oxygen atoms in total. The Bertz CT molecular complexity index is 314. The monoisotopic (exact) mass is 290 g/mol. The summed E-state index contributed by atoms with van der Waals surface area (Å²) >= 11 is 1.81. The first-order valence-corrected chi connectivity index (χ1v) is 7.58. The fourth-order valence-corrected chi connectivity index (χ4v) is 2.96. The molecule has 1 saturated heterocycles. The largest absolute Gasteiger partial charge is 0.480 e. The molecule has 2 unspecified atom stereocenters. The van der Waals surface area contributed by atoms with Gasteiger partial charge in [-0.3, -0.25) is 0 Å². The second-order valence-electron chi connectivity index (χ2n) is 4.59. The van der Waals surface area contributed by atoms with E-state index in [0.29, 0.717) is 26.0 Å². The lowest BCUT2D eigenvalue weighted by molar-refractivity contribution is -0.139. The number of aliphatic carboxylic acids is 1. The van der Waals surface area contributed by atoms with E-state index in [0.717, 1.165) is 11.5 Å². The first-order valence-electron chi connectivity index (χ1n) is 6.43. The Morgan fingerprint density at radius 2 is 2.32 bits per heavy atom. The van der Waals surface area contributed by atoms with Gasteiger partial charge >= 0.3 is 12.0 Å². The number of hydrogen-bond donors (Lipinski definition) is 2. The van der Waals surface area contributed by atoms with Crippen LogP contribution in [0.1, 0.15) is 19.8 Å². The Morgan fingerprint density at radius 3 is 2.89 bits per heavy atom. The molecule has 1 aliphatic rings. The Hall–Kier alpha value is -0.950. The highest BCUT2D eigenvalue weighted by Crippen LogP contribution is 2.16. The van der Waals surface area contributed by atoms with E-state index >= 15 is 0 Å². The van der Waals surface area contributed by atoms with Gasteiger partial charge in [-0.05, 0) is 19.8 Å². The molecule has 1 aliphatic heterocycles. The van der Waals surface area contributed by atoms with E-state index in [-0.39, 0.29) is 12.1 Å². The third-order valence-corrected chi connectivity index (χ3v) is 4.25. The molecular formula is C12H22N2O4S. The van der Waals surface area contributed by atoms with Crippen LogP contribution < -0.4 is 5.32 Å². The summed E-state index contributed by atoms with van der Waals surface area (Å²) in [6.07, 6.45) is 0.991. The number of nitrogens with zero attached hydrogens (tertiary/aromatic N) is 1. The fourth-order valence-electron chi connectivity index (χ4n) is 1.95. The Labute approximate surface area is 117 Å². The summed E-state index contributed by atoms with van der Waals surface area (Å²) in [5.41, 5.74) is 0. The summed E-state index contributed by atoms with van der Waals surface area (Å²) in [6.45, 7) is 3.14. The van der Waals surface area contributed by atoms with Crippen LogP contribution in [-0.2, 0) is 9.53 Å². The van der Waals surface area contributed by atoms with Crippen LogP contribution in [0.2, 0.25) is 0 Å². The average molecular weight is 290 g/mol. The lowest BCUT2D eigenvalue weighted by atomic mass is 10.1. The van der Waals surface area contributed by atoms with Crippen LogP contribution in [0.25, 0.3) is 0 Å². The Balaban J connectivity index is 2.48. The third-order valence-electron chi connectivity index (χ3n) is 3.07. The van der Waals surface area contributed by atoms with E-state index in [9.17, 15) is 9.59 Å². The van der Waals surface area contributed by atoms with Gasteiger partial charge in [-0.2, -0.15) is 11.8 Å².